The molecule has 0 atom stereocenters. The standard InChI is InChI=1S/C25H27N7/c1-17(18-5-8-27-25(13-18)32-9-6-23(26)7-10-32)30-24-12-21-11-19(3-4-20(21)14-28-24)22-15-29-31(2)16-22/h3-5,8,11-16,23H,1,6-7,9-10,26H2,2H3,(H,28,30). The van der Waals surface area contributed by atoms with Gasteiger partial charge in [0.1, 0.15) is 11.6 Å². The highest BCUT2D eigenvalue weighted by Crippen LogP contribution is 2.27. The number of nitrogens with two attached hydrogens (primary N) is 1. The molecule has 32 heavy (non-hydrogen) atoms. The maximum atomic E-state index is 6.04. The van der Waals surface area contributed by atoms with E-state index < -0.39 is 0 Å². The van der Waals surface area contributed by atoms with Crippen molar-refractivity contribution < 1.29 is 0 Å². The fourth-order valence-electron chi connectivity index (χ4n) is 4.09. The summed E-state index contributed by atoms with van der Waals surface area (Å²) >= 11 is 0. The van der Waals surface area contributed by atoms with Gasteiger partial charge in [-0.3, -0.25) is 4.68 Å². The summed E-state index contributed by atoms with van der Waals surface area (Å²) in [6.07, 6.45) is 9.59. The highest BCUT2D eigenvalue weighted by atomic mass is 15.2. The summed E-state index contributed by atoms with van der Waals surface area (Å²) in [6, 6.07) is 12.7. The zero-order valence-electron chi connectivity index (χ0n) is 18.2. The van der Waals surface area contributed by atoms with Crippen molar-refractivity contribution in [1.29, 1.82) is 0 Å². The Balaban J connectivity index is 1.36. The van der Waals surface area contributed by atoms with Crippen LogP contribution in [-0.4, -0.2) is 38.9 Å². The van der Waals surface area contributed by atoms with Gasteiger partial charge in [0.25, 0.3) is 0 Å². The number of anilines is 2. The van der Waals surface area contributed by atoms with Gasteiger partial charge in [-0.25, -0.2) is 9.97 Å². The van der Waals surface area contributed by atoms with Gasteiger partial charge in [-0.15, -0.1) is 0 Å². The fourth-order valence-corrected chi connectivity index (χ4v) is 4.09. The monoisotopic (exact) mass is 425 g/mol. The lowest BCUT2D eigenvalue weighted by Gasteiger charge is -2.31. The molecule has 0 aliphatic carbocycles. The van der Waals surface area contributed by atoms with Gasteiger partial charge in [-0.05, 0) is 48.1 Å². The molecule has 3 N–H and O–H groups in total. The molecular weight excluding hydrogens is 398 g/mol. The highest BCUT2D eigenvalue weighted by Gasteiger charge is 2.17. The van der Waals surface area contributed by atoms with Gasteiger partial charge in [0.05, 0.1) is 6.20 Å². The van der Waals surface area contributed by atoms with Crippen molar-refractivity contribution in [3.63, 3.8) is 0 Å². The van der Waals surface area contributed by atoms with Gasteiger partial charge in [0.15, 0.2) is 0 Å². The van der Waals surface area contributed by atoms with Crippen molar-refractivity contribution >= 4 is 28.1 Å². The van der Waals surface area contributed by atoms with Crippen LogP contribution in [0.5, 0.6) is 0 Å². The number of aromatic nitrogens is 4. The lowest BCUT2D eigenvalue weighted by atomic mass is 10.0. The smallest absolute Gasteiger partial charge is 0.130 e. The van der Waals surface area contributed by atoms with E-state index in [1.807, 2.05) is 42.6 Å². The quantitative estimate of drug-likeness (QED) is 0.502. The Kier molecular flexibility index (Phi) is 5.33. The van der Waals surface area contributed by atoms with Crippen LogP contribution < -0.4 is 16.0 Å². The van der Waals surface area contributed by atoms with Crippen molar-refractivity contribution in [2.75, 3.05) is 23.3 Å². The minimum atomic E-state index is 0.295. The molecule has 4 heterocycles. The second-order valence-corrected chi connectivity index (χ2v) is 8.36. The highest BCUT2D eigenvalue weighted by molar-refractivity contribution is 5.89. The first-order valence-electron chi connectivity index (χ1n) is 10.9. The molecule has 7 heteroatoms. The predicted molar refractivity (Wildman–Crippen MR) is 130 cm³/mol. The number of pyridine rings is 2. The number of rotatable bonds is 5. The number of fused-ring (bicyclic) bond motifs is 1. The van der Waals surface area contributed by atoms with Crippen LogP contribution in [0.3, 0.4) is 0 Å². The Labute approximate surface area is 187 Å². The number of benzene rings is 1. The van der Waals surface area contributed by atoms with E-state index in [-0.39, 0.29) is 0 Å². The third kappa shape index (κ3) is 4.20. The first-order chi connectivity index (χ1) is 15.5. The van der Waals surface area contributed by atoms with Crippen LogP contribution in [-0.2, 0) is 7.05 Å². The van der Waals surface area contributed by atoms with Gasteiger partial charge >= 0.3 is 0 Å². The number of nitrogens with zero attached hydrogens (tertiary/aromatic N) is 5. The summed E-state index contributed by atoms with van der Waals surface area (Å²) in [7, 11) is 1.92. The van der Waals surface area contributed by atoms with Crippen molar-refractivity contribution in [2.45, 2.75) is 18.9 Å². The van der Waals surface area contributed by atoms with E-state index in [9.17, 15) is 0 Å². The summed E-state index contributed by atoms with van der Waals surface area (Å²) < 4.78 is 1.81. The molecule has 3 aromatic heterocycles. The predicted octanol–water partition coefficient (Wildman–Crippen LogP) is 4.04. The molecule has 0 amide bonds. The van der Waals surface area contributed by atoms with Crippen LogP contribution in [0.2, 0.25) is 0 Å². The third-order valence-electron chi connectivity index (χ3n) is 6.00. The van der Waals surface area contributed by atoms with Gasteiger partial charge < -0.3 is 16.0 Å². The normalized spacial score (nSPS) is 14.6. The van der Waals surface area contributed by atoms with E-state index in [1.54, 1.807) is 0 Å². The minimum Gasteiger partial charge on any atom is -0.356 e. The zero-order chi connectivity index (χ0) is 22.1. The molecule has 0 saturated carbocycles. The molecule has 0 spiro atoms. The number of nitrogens with one attached hydrogen (secondary N) is 1. The van der Waals surface area contributed by atoms with Crippen molar-refractivity contribution in [1.82, 2.24) is 19.7 Å². The third-order valence-corrected chi connectivity index (χ3v) is 6.00. The first-order valence-corrected chi connectivity index (χ1v) is 10.9. The Morgan fingerprint density at radius 1 is 1.03 bits per heavy atom. The van der Waals surface area contributed by atoms with Gasteiger partial charge in [-0.2, -0.15) is 5.10 Å². The average Bonchev–Trinajstić information content (AvgIpc) is 3.25. The average molecular weight is 426 g/mol. The van der Waals surface area contributed by atoms with Crippen molar-refractivity contribution in [3.05, 3.63) is 73.3 Å². The maximum absolute atomic E-state index is 6.04. The topological polar surface area (TPSA) is 84.9 Å². The van der Waals surface area contributed by atoms with Crippen LogP contribution in [0.4, 0.5) is 11.6 Å². The summed E-state index contributed by atoms with van der Waals surface area (Å²) in [6.45, 7) is 6.11. The Bertz CT molecular complexity index is 1270. The molecular formula is C25H27N7. The van der Waals surface area contributed by atoms with Crippen molar-refractivity contribution in [3.8, 4) is 11.1 Å². The van der Waals surface area contributed by atoms with Crippen molar-refractivity contribution in [2.24, 2.45) is 12.8 Å². The van der Waals surface area contributed by atoms with E-state index in [1.165, 1.54) is 0 Å². The molecule has 1 aliphatic heterocycles. The molecule has 4 aromatic rings. The van der Waals surface area contributed by atoms with Crippen LogP contribution in [0.25, 0.3) is 27.6 Å². The SMILES string of the molecule is C=C(Nc1cc2cc(-c3cnn(C)c3)ccc2cn1)c1ccnc(N2CCC(N)CC2)c1. The summed E-state index contributed by atoms with van der Waals surface area (Å²) in [5.74, 6) is 1.72. The van der Waals surface area contributed by atoms with Gasteiger partial charge in [-0.1, -0.05) is 18.7 Å². The summed E-state index contributed by atoms with van der Waals surface area (Å²) in [4.78, 5) is 11.4. The van der Waals surface area contributed by atoms with Crippen LogP contribution >= 0.6 is 0 Å². The Hall–Kier alpha value is -3.71. The lowest BCUT2D eigenvalue weighted by molar-refractivity contribution is 0.498. The molecule has 1 aliphatic rings. The Morgan fingerprint density at radius 3 is 2.66 bits per heavy atom. The second kappa shape index (κ2) is 8.43. The summed E-state index contributed by atoms with van der Waals surface area (Å²) in [5.41, 5.74) is 10.0. The molecule has 5 rings (SSSR count). The maximum Gasteiger partial charge on any atom is 0.130 e. The first kappa shape index (κ1) is 20.2. The molecule has 1 aromatic carbocycles. The largest absolute Gasteiger partial charge is 0.356 e. The molecule has 1 saturated heterocycles. The number of hydrogen-bond acceptors (Lipinski definition) is 6. The minimum absolute atomic E-state index is 0.295. The molecule has 1 fully saturated rings. The molecule has 7 nitrogen and oxygen atoms in total. The number of hydrogen-bond donors (Lipinski definition) is 2. The number of aryl methyl sites for hydroxylation is 1. The van der Waals surface area contributed by atoms with Crippen LogP contribution in [0.1, 0.15) is 18.4 Å². The van der Waals surface area contributed by atoms with Gasteiger partial charge in [0, 0.05) is 67.0 Å². The van der Waals surface area contributed by atoms with E-state index in [0.717, 1.165) is 70.7 Å². The Morgan fingerprint density at radius 2 is 1.88 bits per heavy atom. The van der Waals surface area contributed by atoms with E-state index in [0.29, 0.717) is 6.04 Å². The second-order valence-electron chi connectivity index (χ2n) is 8.36. The molecule has 0 radical (unpaired) electrons. The van der Waals surface area contributed by atoms with Crippen LogP contribution in [0.15, 0.2) is 67.8 Å². The fraction of sp³-hybridized carbons (Fsp3) is 0.240. The van der Waals surface area contributed by atoms with E-state index in [2.05, 4.69) is 62.2 Å². The molecule has 0 unspecified atom stereocenters. The zero-order valence-corrected chi connectivity index (χ0v) is 18.2. The number of piperidine rings is 1. The van der Waals surface area contributed by atoms with E-state index >= 15 is 0 Å². The van der Waals surface area contributed by atoms with Crippen LogP contribution in [0, 0.1) is 0 Å². The molecule has 162 valence electrons. The lowest BCUT2D eigenvalue weighted by Crippen LogP contribution is -2.40. The van der Waals surface area contributed by atoms with E-state index in [4.69, 9.17) is 5.73 Å². The molecule has 0 bridgehead atoms. The summed E-state index contributed by atoms with van der Waals surface area (Å²) in [5, 5.41) is 9.83. The van der Waals surface area contributed by atoms with Gasteiger partial charge in [0.2, 0.25) is 0 Å².